The average Bonchev–Trinajstić information content (AvgIpc) is 2.00. The molecule has 0 aromatic carbocycles. The zero-order chi connectivity index (χ0) is 9.56. The molecule has 0 fully saturated rings. The van der Waals surface area contributed by atoms with Gasteiger partial charge in [-0.15, -0.1) is 0 Å². The number of carbonyl (C=O) groups excluding carboxylic acids is 2. The van der Waals surface area contributed by atoms with E-state index in [0.717, 1.165) is 6.42 Å². The van der Waals surface area contributed by atoms with Crippen molar-refractivity contribution in [3.05, 3.63) is 0 Å². The molecule has 0 aliphatic rings. The monoisotopic (exact) mass is 191 g/mol. The molecule has 0 bridgehead atoms. The fourth-order valence-electron chi connectivity index (χ4n) is 0.813. The molecule has 0 aromatic rings. The summed E-state index contributed by atoms with van der Waals surface area (Å²) in [5, 5.41) is 2.05. The lowest BCUT2D eigenvalue weighted by atomic mass is 10.2. The third-order valence-corrected chi connectivity index (χ3v) is 1.76. The number of hydrogen-bond donors (Lipinski definition) is 1. The number of nitrogens with one attached hydrogen (secondary N) is 1. The van der Waals surface area contributed by atoms with Crippen molar-refractivity contribution in [2.75, 3.05) is 0 Å². The summed E-state index contributed by atoms with van der Waals surface area (Å²) in [6, 6.07) is -0.522. The third-order valence-electron chi connectivity index (χ3n) is 1.49. The van der Waals surface area contributed by atoms with Gasteiger partial charge in [0.05, 0.1) is 0 Å². The molecule has 70 valence electrons. The van der Waals surface area contributed by atoms with Crippen LogP contribution in [0.15, 0.2) is 0 Å². The Bertz CT molecular complexity index is 170. The molecule has 0 saturated heterocycles. The molecule has 0 saturated carbocycles. The molecule has 1 unspecified atom stereocenters. The van der Waals surface area contributed by atoms with Gasteiger partial charge in [0.15, 0.2) is 0 Å². The van der Waals surface area contributed by atoms with Gasteiger partial charge in [-0.05, 0) is 24.4 Å². The van der Waals surface area contributed by atoms with Crippen LogP contribution in [0.1, 0.15) is 33.1 Å². The molecule has 1 N–H and O–H groups in total. The van der Waals surface area contributed by atoms with Crippen LogP contribution in [0.2, 0.25) is 0 Å². The van der Waals surface area contributed by atoms with E-state index >= 15 is 0 Å². The van der Waals surface area contributed by atoms with E-state index < -0.39 is 11.3 Å². The van der Waals surface area contributed by atoms with Gasteiger partial charge in [-0.3, -0.25) is 9.59 Å². The number of hydrogen-bond acceptors (Lipinski definition) is 2. The first-order chi connectivity index (χ1) is 5.61. The summed E-state index contributed by atoms with van der Waals surface area (Å²) in [7, 11) is 0. The largest absolute Gasteiger partial charge is 0.345 e. The highest BCUT2D eigenvalue weighted by Gasteiger charge is 2.15. The Labute approximate surface area is 77.5 Å². The van der Waals surface area contributed by atoms with E-state index in [4.69, 9.17) is 11.6 Å². The van der Waals surface area contributed by atoms with E-state index in [9.17, 15) is 9.59 Å². The minimum absolute atomic E-state index is 0.113. The Kier molecular flexibility index (Phi) is 5.72. The maximum absolute atomic E-state index is 11.0. The highest BCUT2D eigenvalue weighted by Crippen LogP contribution is 1.98. The maximum Gasteiger partial charge on any atom is 0.243 e. The Morgan fingerprint density at radius 2 is 2.00 bits per heavy atom. The van der Waals surface area contributed by atoms with Crippen molar-refractivity contribution >= 4 is 22.8 Å². The summed E-state index contributed by atoms with van der Waals surface area (Å²) < 4.78 is 0. The van der Waals surface area contributed by atoms with Crippen LogP contribution in [0.4, 0.5) is 0 Å². The second-order valence-electron chi connectivity index (χ2n) is 2.58. The van der Waals surface area contributed by atoms with E-state index in [1.165, 1.54) is 0 Å². The molecule has 0 aromatic heterocycles. The second-order valence-corrected chi connectivity index (χ2v) is 2.95. The fraction of sp³-hybridized carbons (Fsp3) is 0.750. The smallest absolute Gasteiger partial charge is 0.243 e. The molecule has 0 spiro atoms. The van der Waals surface area contributed by atoms with Crippen molar-refractivity contribution in [2.45, 2.75) is 39.2 Å². The SMILES string of the molecule is CCCC(=O)NC(CC)C(=O)Cl. The number of amides is 1. The molecule has 0 radical (unpaired) electrons. The van der Waals surface area contributed by atoms with Crippen LogP contribution < -0.4 is 5.32 Å². The van der Waals surface area contributed by atoms with Gasteiger partial charge in [0.25, 0.3) is 0 Å². The van der Waals surface area contributed by atoms with Gasteiger partial charge < -0.3 is 5.32 Å². The Morgan fingerprint density at radius 3 is 2.33 bits per heavy atom. The minimum Gasteiger partial charge on any atom is -0.345 e. The Hall–Kier alpha value is -0.570. The maximum atomic E-state index is 11.0. The predicted octanol–water partition coefficient (Wildman–Crippen LogP) is 1.45. The van der Waals surface area contributed by atoms with Crippen molar-refractivity contribution in [1.29, 1.82) is 0 Å². The first kappa shape index (κ1) is 11.4. The van der Waals surface area contributed by atoms with Crippen LogP contribution in [-0.4, -0.2) is 17.2 Å². The van der Waals surface area contributed by atoms with Gasteiger partial charge >= 0.3 is 0 Å². The summed E-state index contributed by atoms with van der Waals surface area (Å²) in [6.07, 6.45) is 1.76. The average molecular weight is 192 g/mol. The normalized spacial score (nSPS) is 12.2. The van der Waals surface area contributed by atoms with Crippen molar-refractivity contribution in [3.8, 4) is 0 Å². The fourth-order valence-corrected chi connectivity index (χ4v) is 1.02. The summed E-state index contributed by atoms with van der Waals surface area (Å²) in [5.41, 5.74) is 0. The van der Waals surface area contributed by atoms with E-state index in [-0.39, 0.29) is 5.91 Å². The molecular weight excluding hydrogens is 178 g/mol. The first-order valence-electron chi connectivity index (χ1n) is 4.10. The molecule has 0 heterocycles. The molecule has 3 nitrogen and oxygen atoms in total. The quantitative estimate of drug-likeness (QED) is 0.669. The van der Waals surface area contributed by atoms with E-state index in [2.05, 4.69) is 5.32 Å². The van der Waals surface area contributed by atoms with Crippen LogP contribution in [-0.2, 0) is 9.59 Å². The van der Waals surface area contributed by atoms with Gasteiger partial charge in [0.2, 0.25) is 11.1 Å². The van der Waals surface area contributed by atoms with Crippen LogP contribution in [0.25, 0.3) is 0 Å². The van der Waals surface area contributed by atoms with Crippen LogP contribution in [0, 0.1) is 0 Å². The molecule has 0 aliphatic heterocycles. The Balaban J connectivity index is 3.85. The lowest BCUT2D eigenvalue weighted by Gasteiger charge is -2.11. The molecule has 0 aliphatic carbocycles. The van der Waals surface area contributed by atoms with Gasteiger partial charge in [-0.1, -0.05) is 13.8 Å². The summed E-state index contributed by atoms with van der Waals surface area (Å²) in [4.78, 5) is 21.7. The van der Waals surface area contributed by atoms with E-state index in [0.29, 0.717) is 12.8 Å². The van der Waals surface area contributed by atoms with Gasteiger partial charge in [-0.2, -0.15) is 0 Å². The van der Waals surface area contributed by atoms with Gasteiger partial charge in [0.1, 0.15) is 6.04 Å². The zero-order valence-electron chi connectivity index (χ0n) is 7.39. The van der Waals surface area contributed by atoms with Gasteiger partial charge in [0, 0.05) is 6.42 Å². The standard InChI is InChI=1S/C8H14ClNO2/c1-3-5-7(11)10-6(4-2)8(9)12/h6H,3-5H2,1-2H3,(H,10,11). The van der Waals surface area contributed by atoms with E-state index in [1.54, 1.807) is 6.92 Å². The molecule has 0 rings (SSSR count). The highest BCUT2D eigenvalue weighted by atomic mass is 35.5. The highest BCUT2D eigenvalue weighted by molar-refractivity contribution is 6.64. The number of rotatable bonds is 5. The molecular formula is C8H14ClNO2. The predicted molar refractivity (Wildman–Crippen MR) is 48.0 cm³/mol. The van der Waals surface area contributed by atoms with Crippen molar-refractivity contribution in [2.24, 2.45) is 0 Å². The minimum atomic E-state index is -0.522. The molecule has 1 amide bonds. The number of halogens is 1. The summed E-state index contributed by atoms with van der Waals surface area (Å²) in [5.74, 6) is -0.113. The molecule has 1 atom stereocenters. The van der Waals surface area contributed by atoms with Crippen molar-refractivity contribution in [3.63, 3.8) is 0 Å². The van der Waals surface area contributed by atoms with Crippen molar-refractivity contribution in [1.82, 2.24) is 5.32 Å². The van der Waals surface area contributed by atoms with Crippen LogP contribution >= 0.6 is 11.6 Å². The first-order valence-corrected chi connectivity index (χ1v) is 4.48. The van der Waals surface area contributed by atoms with Crippen LogP contribution in [0.5, 0.6) is 0 Å². The zero-order valence-corrected chi connectivity index (χ0v) is 8.15. The second kappa shape index (κ2) is 6.00. The molecule has 4 heteroatoms. The lowest BCUT2D eigenvalue weighted by molar-refractivity contribution is -0.125. The summed E-state index contributed by atoms with van der Waals surface area (Å²) >= 11 is 5.23. The van der Waals surface area contributed by atoms with Crippen LogP contribution in [0.3, 0.4) is 0 Å². The van der Waals surface area contributed by atoms with Crippen molar-refractivity contribution < 1.29 is 9.59 Å². The number of carbonyl (C=O) groups is 2. The summed E-state index contributed by atoms with van der Waals surface area (Å²) in [6.45, 7) is 3.71. The topological polar surface area (TPSA) is 46.2 Å². The van der Waals surface area contributed by atoms with Gasteiger partial charge in [-0.25, -0.2) is 0 Å². The Morgan fingerprint density at radius 1 is 1.42 bits per heavy atom. The lowest BCUT2D eigenvalue weighted by Crippen LogP contribution is -2.38. The third kappa shape index (κ3) is 4.34. The molecule has 12 heavy (non-hydrogen) atoms. The van der Waals surface area contributed by atoms with E-state index in [1.807, 2.05) is 6.92 Å².